The Morgan fingerprint density at radius 3 is 2.64 bits per heavy atom. The van der Waals surface area contributed by atoms with Crippen LogP contribution < -0.4 is 5.56 Å². The van der Waals surface area contributed by atoms with Gasteiger partial charge in [-0.05, 0) is 55.7 Å². The topological polar surface area (TPSA) is 75.1 Å². The summed E-state index contributed by atoms with van der Waals surface area (Å²) >= 11 is 5.34. The summed E-state index contributed by atoms with van der Waals surface area (Å²) in [7, 11) is 0. The first-order valence-electron chi connectivity index (χ1n) is 8.03. The lowest BCUT2D eigenvalue weighted by Gasteiger charge is -2.16. The molecule has 5 nitrogen and oxygen atoms in total. The highest BCUT2D eigenvalue weighted by Gasteiger charge is 2.13. The molecule has 0 fully saturated rings. The molecule has 0 saturated carbocycles. The van der Waals surface area contributed by atoms with E-state index in [1.165, 1.54) is 23.8 Å². The van der Waals surface area contributed by atoms with Crippen LogP contribution in [0.25, 0.3) is 10.9 Å². The number of H-pyrrole nitrogens is 1. The third-order valence-corrected chi connectivity index (χ3v) is 4.61. The quantitative estimate of drug-likeness (QED) is 0.680. The summed E-state index contributed by atoms with van der Waals surface area (Å²) in [6.07, 6.45) is 1.62. The van der Waals surface area contributed by atoms with Gasteiger partial charge in [-0.2, -0.15) is 0 Å². The van der Waals surface area contributed by atoms with E-state index in [0.717, 1.165) is 12.8 Å². The van der Waals surface area contributed by atoms with Crippen molar-refractivity contribution in [2.24, 2.45) is 0 Å². The van der Waals surface area contributed by atoms with Crippen molar-refractivity contribution in [2.75, 3.05) is 0 Å². The van der Waals surface area contributed by atoms with E-state index in [2.05, 4.69) is 17.1 Å². The average Bonchev–Trinajstić information content (AvgIpc) is 2.60. The van der Waals surface area contributed by atoms with Crippen molar-refractivity contribution in [1.29, 1.82) is 0 Å². The fraction of sp³-hybridized carbons (Fsp3) is 0.211. The van der Waals surface area contributed by atoms with E-state index in [0.29, 0.717) is 15.7 Å². The SMILES string of the molecule is CC(CCc1ccccc1)n1c(=S)[nH]c2cc(C(=O)O)ccc2c1=O. The van der Waals surface area contributed by atoms with E-state index in [9.17, 15) is 9.59 Å². The molecule has 6 heteroatoms. The lowest BCUT2D eigenvalue weighted by molar-refractivity contribution is 0.0697. The van der Waals surface area contributed by atoms with Crippen LogP contribution in [0.15, 0.2) is 53.3 Å². The number of carbonyl (C=O) groups is 1. The molecular weight excluding hydrogens is 336 g/mol. The molecule has 3 rings (SSSR count). The normalized spacial score (nSPS) is 12.2. The highest BCUT2D eigenvalue weighted by Crippen LogP contribution is 2.16. The molecule has 0 aliphatic heterocycles. The molecule has 128 valence electrons. The number of aryl methyl sites for hydroxylation is 1. The van der Waals surface area contributed by atoms with Crippen molar-refractivity contribution in [1.82, 2.24) is 9.55 Å². The minimum absolute atomic E-state index is 0.0694. The molecule has 1 aromatic heterocycles. The van der Waals surface area contributed by atoms with Crippen molar-refractivity contribution in [3.63, 3.8) is 0 Å². The number of nitrogens with one attached hydrogen (secondary N) is 1. The molecule has 25 heavy (non-hydrogen) atoms. The van der Waals surface area contributed by atoms with Crippen molar-refractivity contribution in [3.8, 4) is 0 Å². The van der Waals surface area contributed by atoms with E-state index in [1.54, 1.807) is 4.57 Å². The maximum atomic E-state index is 12.8. The fourth-order valence-corrected chi connectivity index (χ4v) is 3.29. The smallest absolute Gasteiger partial charge is 0.335 e. The van der Waals surface area contributed by atoms with Gasteiger partial charge in [0.2, 0.25) is 0 Å². The van der Waals surface area contributed by atoms with Gasteiger partial charge in [0.25, 0.3) is 5.56 Å². The Kier molecular flexibility index (Phi) is 4.81. The number of carboxylic acids is 1. The Morgan fingerprint density at radius 1 is 1.24 bits per heavy atom. The largest absolute Gasteiger partial charge is 0.478 e. The van der Waals surface area contributed by atoms with Gasteiger partial charge in [-0.15, -0.1) is 0 Å². The van der Waals surface area contributed by atoms with E-state index >= 15 is 0 Å². The van der Waals surface area contributed by atoms with E-state index in [-0.39, 0.29) is 17.2 Å². The zero-order valence-corrected chi connectivity index (χ0v) is 14.5. The summed E-state index contributed by atoms with van der Waals surface area (Å²) < 4.78 is 1.88. The molecular formula is C19H18N2O3S. The lowest BCUT2D eigenvalue weighted by Crippen LogP contribution is -2.25. The Morgan fingerprint density at radius 2 is 1.96 bits per heavy atom. The Labute approximate surface area is 149 Å². The van der Waals surface area contributed by atoms with Gasteiger partial charge in [-0.3, -0.25) is 9.36 Å². The molecule has 0 amide bonds. The number of aromatic nitrogens is 2. The molecule has 1 heterocycles. The molecule has 0 aliphatic rings. The summed E-state index contributed by atoms with van der Waals surface area (Å²) in [5.41, 5.74) is 1.58. The molecule has 3 aromatic rings. The van der Waals surface area contributed by atoms with Crippen molar-refractivity contribution in [3.05, 3.63) is 74.8 Å². The summed E-state index contributed by atoms with van der Waals surface area (Å²) in [6.45, 7) is 1.96. The zero-order valence-electron chi connectivity index (χ0n) is 13.7. The van der Waals surface area contributed by atoms with Crippen molar-refractivity contribution in [2.45, 2.75) is 25.8 Å². The highest BCUT2D eigenvalue weighted by molar-refractivity contribution is 7.71. The second-order valence-electron chi connectivity index (χ2n) is 6.04. The van der Waals surface area contributed by atoms with Crippen LogP contribution in [0.1, 0.15) is 35.3 Å². The van der Waals surface area contributed by atoms with Crippen LogP contribution in [-0.2, 0) is 6.42 Å². The van der Waals surface area contributed by atoms with Crippen LogP contribution in [0, 0.1) is 4.77 Å². The molecule has 1 unspecified atom stereocenters. The van der Waals surface area contributed by atoms with Gasteiger partial charge in [0.05, 0.1) is 16.5 Å². The van der Waals surface area contributed by atoms with Gasteiger partial charge in [-0.25, -0.2) is 4.79 Å². The van der Waals surface area contributed by atoms with Gasteiger partial charge in [0.1, 0.15) is 0 Å². The fourth-order valence-electron chi connectivity index (χ4n) is 2.91. The average molecular weight is 354 g/mol. The number of fused-ring (bicyclic) bond motifs is 1. The predicted octanol–water partition coefficient (Wildman–Crippen LogP) is 3.95. The molecule has 0 bridgehead atoms. The standard InChI is InChI=1S/C19H18N2O3S/c1-12(7-8-13-5-3-2-4-6-13)21-17(22)15-10-9-14(18(23)24)11-16(15)20-19(21)25/h2-6,9-12H,7-8H2,1H3,(H,20,25)(H,23,24). The lowest BCUT2D eigenvalue weighted by atomic mass is 10.1. The number of hydrogen-bond donors (Lipinski definition) is 2. The Bertz CT molecular complexity index is 1040. The first kappa shape index (κ1) is 17.1. The second-order valence-corrected chi connectivity index (χ2v) is 6.43. The molecule has 0 aliphatic carbocycles. The summed E-state index contributed by atoms with van der Waals surface area (Å²) in [4.78, 5) is 26.9. The number of hydrogen-bond acceptors (Lipinski definition) is 3. The first-order valence-corrected chi connectivity index (χ1v) is 8.44. The van der Waals surface area contributed by atoms with Crippen LogP contribution >= 0.6 is 12.2 Å². The molecule has 0 spiro atoms. The summed E-state index contributed by atoms with van der Waals surface area (Å²) in [6, 6.07) is 14.4. The highest BCUT2D eigenvalue weighted by atomic mass is 32.1. The number of nitrogens with zero attached hydrogens (tertiary/aromatic N) is 1. The molecule has 0 saturated heterocycles. The van der Waals surface area contributed by atoms with Gasteiger partial charge in [-0.1, -0.05) is 30.3 Å². The number of aromatic amines is 1. The third kappa shape index (κ3) is 3.53. The number of rotatable bonds is 5. The number of carboxylic acid groups (broad SMARTS) is 1. The third-order valence-electron chi connectivity index (χ3n) is 4.31. The Balaban J connectivity index is 1.96. The van der Waals surface area contributed by atoms with E-state index in [4.69, 9.17) is 17.3 Å². The number of benzene rings is 2. The second kappa shape index (κ2) is 7.03. The van der Waals surface area contributed by atoms with Crippen LogP contribution in [0.4, 0.5) is 0 Å². The van der Waals surface area contributed by atoms with Gasteiger partial charge in [0, 0.05) is 6.04 Å². The van der Waals surface area contributed by atoms with Crippen molar-refractivity contribution < 1.29 is 9.90 Å². The Hall–Kier alpha value is -2.73. The van der Waals surface area contributed by atoms with Gasteiger partial charge < -0.3 is 10.1 Å². The predicted molar refractivity (Wildman–Crippen MR) is 99.8 cm³/mol. The van der Waals surface area contributed by atoms with Crippen LogP contribution in [0.2, 0.25) is 0 Å². The van der Waals surface area contributed by atoms with Gasteiger partial charge >= 0.3 is 5.97 Å². The molecule has 1 atom stereocenters. The number of aromatic carboxylic acids is 1. The monoisotopic (exact) mass is 354 g/mol. The van der Waals surface area contributed by atoms with Gasteiger partial charge in [0.15, 0.2) is 4.77 Å². The maximum Gasteiger partial charge on any atom is 0.335 e. The minimum atomic E-state index is -1.04. The van der Waals surface area contributed by atoms with Crippen LogP contribution in [0.5, 0.6) is 0 Å². The minimum Gasteiger partial charge on any atom is -0.478 e. The zero-order chi connectivity index (χ0) is 18.0. The van der Waals surface area contributed by atoms with Crippen LogP contribution in [0.3, 0.4) is 0 Å². The summed E-state index contributed by atoms with van der Waals surface area (Å²) in [5, 5.41) is 9.52. The summed E-state index contributed by atoms with van der Waals surface area (Å²) in [5.74, 6) is -1.04. The van der Waals surface area contributed by atoms with Crippen molar-refractivity contribution >= 4 is 29.1 Å². The first-order chi connectivity index (χ1) is 12.0. The molecule has 2 aromatic carbocycles. The van der Waals surface area contributed by atoms with E-state index < -0.39 is 5.97 Å². The van der Waals surface area contributed by atoms with Crippen LogP contribution in [-0.4, -0.2) is 20.6 Å². The maximum absolute atomic E-state index is 12.8. The molecule has 0 radical (unpaired) electrons. The van der Waals surface area contributed by atoms with E-state index in [1.807, 2.05) is 25.1 Å². The molecule has 2 N–H and O–H groups in total.